The number of hydrogen-bond acceptors (Lipinski definition) is 24. The molecule has 630 valence electrons. The minimum absolute atomic E-state index is 0. The van der Waals surface area contributed by atoms with E-state index in [0.29, 0.717) is 34.4 Å². The summed E-state index contributed by atoms with van der Waals surface area (Å²) in [6.07, 6.45) is 22.1. The molecular weight excluding hydrogens is 2250 g/mol. The van der Waals surface area contributed by atoms with Gasteiger partial charge in [-0.15, -0.1) is 61.2 Å². The predicted octanol–water partition coefficient (Wildman–Crippen LogP) is 10.2. The Morgan fingerprint density at radius 3 is 0.748 bits per heavy atom. The zero-order valence-electron chi connectivity index (χ0n) is 64.9. The van der Waals surface area contributed by atoms with Crippen LogP contribution in [-0.2, 0) is 92.0 Å². The first-order chi connectivity index (χ1) is 58.6. The fraction of sp³-hybridized carbons (Fsp3) is 0.122. The zero-order valence-corrected chi connectivity index (χ0v) is 74.9. The molecule has 0 fully saturated rings. The molecule has 6 N–H and O–H groups in total. The number of fused-ring (bicyclic) bond motifs is 6. The summed E-state index contributed by atoms with van der Waals surface area (Å²) in [7, 11) is 0. The molecule has 18 aromatic rings. The summed E-state index contributed by atoms with van der Waals surface area (Å²) in [5.74, 6) is 2.97. The molecule has 0 unspecified atom stereocenters. The largest absolute Gasteiger partial charge is 0.356 e. The third-order valence-corrected chi connectivity index (χ3v) is 17.9. The molecule has 0 spiro atoms. The van der Waals surface area contributed by atoms with Crippen LogP contribution in [0, 0.1) is 0 Å². The van der Waals surface area contributed by atoms with E-state index in [1.807, 2.05) is 233 Å². The van der Waals surface area contributed by atoms with Crippen LogP contribution in [0.5, 0.6) is 0 Å². The van der Waals surface area contributed by atoms with Crippen LogP contribution in [0.15, 0.2) is 277 Å². The van der Waals surface area contributed by atoms with Crippen LogP contribution in [0.4, 0.5) is 11.4 Å². The third-order valence-electron chi connectivity index (χ3n) is 16.9. The minimum atomic E-state index is -0.241. The smallest absolute Gasteiger partial charge is 0.226 e. The number of amides is 6. The second-order valence-corrected chi connectivity index (χ2v) is 27.3. The number of hydrogen-bond donors (Lipinski definition) is 6. The van der Waals surface area contributed by atoms with Gasteiger partial charge in [0.05, 0.1) is 23.8 Å². The number of rotatable bonds is 20. The molecule has 0 aliphatic heterocycles. The Kier molecular flexibility index (Phi) is 34.5. The predicted molar refractivity (Wildman–Crippen MR) is 452 cm³/mol. The molecule has 0 aromatic carbocycles. The van der Waals surface area contributed by atoms with Gasteiger partial charge in [0.2, 0.25) is 35.4 Å². The van der Waals surface area contributed by atoms with Crippen LogP contribution in [0.25, 0.3) is 103 Å². The fourth-order valence-corrected chi connectivity index (χ4v) is 11.7. The molecule has 123 heavy (non-hydrogen) atoms. The monoisotopic (exact) mass is 2320 g/mol. The van der Waals surface area contributed by atoms with Crippen molar-refractivity contribution in [3.8, 4) is 69.1 Å². The molecule has 0 aliphatic rings. The second-order valence-electron chi connectivity index (χ2n) is 25.5. The number of nitrogens with one attached hydrogen (secondary N) is 6. The van der Waals surface area contributed by atoms with Crippen LogP contribution in [-0.4, -0.2) is 179 Å². The van der Waals surface area contributed by atoms with E-state index in [9.17, 15) is 28.8 Å². The molecule has 18 heterocycles. The number of anilines is 2. The van der Waals surface area contributed by atoms with E-state index >= 15 is 0 Å². The Labute approximate surface area is 760 Å². The first-order valence-electron chi connectivity index (χ1n) is 37.0. The van der Waals surface area contributed by atoms with Gasteiger partial charge in [-0.2, -0.15) is 0 Å². The van der Waals surface area contributed by atoms with Gasteiger partial charge < -0.3 is 31.9 Å². The standard InChI is InChI=1S/2C19H21N7O3.2C11H7BrN4.2C11H8N4.3Pt/c2*1-13(27)20-9-7-17(28)21-10-8-18(29)23-14-5-6-15(22-12-14)19-25-24-16-4-2-3-11-26(16)19;2*12-8-4-5-9(13-7-8)11-15-14-10-3-1-2-6-16(10)11;2*1-3-7-12-9(5-1)11-14-13-10-6-2-4-8-15(10)11;;;/h2*2-6,11-12H,7-10H2,1H3,(H,20,27)(H,21,28)(H,23,29);2*1-7H;2*1-8H;;;. The molecular formula is C82H72Br2N30O6Pt3. The second kappa shape index (κ2) is 46.3. The first kappa shape index (κ1) is 91.8. The van der Waals surface area contributed by atoms with Crippen LogP contribution in [0.2, 0.25) is 0 Å². The zero-order chi connectivity index (χ0) is 83.4. The van der Waals surface area contributed by atoms with Crippen molar-refractivity contribution in [2.75, 3.05) is 36.8 Å². The SMILES string of the molecule is Brc1ccc(-c2nnc3ccccn23)nc1.Brc1ccc(-c2nnc3ccccn23)nc1.CC(=O)NCCC(=O)NCCC(=O)Nc1ccc(-c2nnc3ccccn23)nc1.CC(=O)NCCC(=O)NCCC(=O)Nc1ccc(-c2nnc3ccccn23)nc1.[Pt].[Pt].[Pt].c1ccc(-c2nnc3ccccn23)nc1.c1ccc(-c2nnc3ccccn23)nc1. The van der Waals surface area contributed by atoms with E-state index < -0.39 is 0 Å². The number of carbonyl (C=O) groups excluding carboxylic acids is 6. The van der Waals surface area contributed by atoms with Crippen LogP contribution in [0.1, 0.15) is 39.5 Å². The summed E-state index contributed by atoms with van der Waals surface area (Å²) in [5.41, 5.74) is 10.4. The van der Waals surface area contributed by atoms with E-state index in [-0.39, 0.29) is 151 Å². The average Bonchev–Trinajstić information content (AvgIpc) is 1.73. The van der Waals surface area contributed by atoms with Crippen LogP contribution in [0.3, 0.4) is 0 Å². The summed E-state index contributed by atoms with van der Waals surface area (Å²) in [6, 6.07) is 60.5. The Balaban J connectivity index is 0.000000157. The first-order valence-corrected chi connectivity index (χ1v) is 38.6. The van der Waals surface area contributed by atoms with Crippen molar-refractivity contribution in [3.63, 3.8) is 0 Å². The molecule has 0 bridgehead atoms. The van der Waals surface area contributed by atoms with Crippen LogP contribution < -0.4 is 31.9 Å². The van der Waals surface area contributed by atoms with Crippen molar-refractivity contribution in [2.24, 2.45) is 0 Å². The molecule has 0 saturated heterocycles. The maximum Gasteiger partial charge on any atom is 0.226 e. The van der Waals surface area contributed by atoms with Gasteiger partial charge in [0, 0.05) is 200 Å². The van der Waals surface area contributed by atoms with Gasteiger partial charge in [-0.1, -0.05) is 48.5 Å². The van der Waals surface area contributed by atoms with Crippen molar-refractivity contribution in [1.82, 2.24) is 139 Å². The van der Waals surface area contributed by atoms with Crippen molar-refractivity contribution in [3.05, 3.63) is 277 Å². The average molecular weight is 2320 g/mol. The molecule has 36 nitrogen and oxygen atoms in total. The van der Waals surface area contributed by atoms with Gasteiger partial charge in [-0.25, -0.2) is 0 Å². The van der Waals surface area contributed by atoms with E-state index in [4.69, 9.17) is 0 Å². The number of nitrogens with zero attached hydrogens (tertiary/aromatic N) is 24. The van der Waals surface area contributed by atoms with Crippen molar-refractivity contribution < 1.29 is 92.0 Å². The van der Waals surface area contributed by atoms with Crippen molar-refractivity contribution in [2.45, 2.75) is 39.5 Å². The van der Waals surface area contributed by atoms with Gasteiger partial charge >= 0.3 is 0 Å². The van der Waals surface area contributed by atoms with Gasteiger partial charge in [0.25, 0.3) is 0 Å². The molecule has 0 aliphatic carbocycles. The minimum Gasteiger partial charge on any atom is -0.356 e. The Morgan fingerprint density at radius 2 is 0.512 bits per heavy atom. The summed E-state index contributed by atoms with van der Waals surface area (Å²) >= 11 is 6.71. The molecule has 0 atom stereocenters. The molecule has 6 amide bonds. The van der Waals surface area contributed by atoms with E-state index in [2.05, 4.69) is 155 Å². The Hall–Kier alpha value is -13.5. The number of carbonyl (C=O) groups is 6. The molecule has 18 aromatic heterocycles. The van der Waals surface area contributed by atoms with E-state index in [1.165, 1.54) is 13.8 Å². The number of halogens is 2. The Bertz CT molecular complexity index is 6100. The van der Waals surface area contributed by atoms with Crippen molar-refractivity contribution in [1.29, 1.82) is 0 Å². The maximum atomic E-state index is 12.0. The third kappa shape index (κ3) is 25.8. The topological polar surface area (TPSA) is 433 Å². The summed E-state index contributed by atoms with van der Waals surface area (Å²) in [6.45, 7) is 3.74. The van der Waals surface area contributed by atoms with Gasteiger partial charge in [-0.3, -0.25) is 85.1 Å². The molecule has 18 rings (SSSR count). The van der Waals surface area contributed by atoms with Gasteiger partial charge in [-0.05, 0) is 177 Å². The van der Waals surface area contributed by atoms with E-state index in [0.717, 1.165) is 88.9 Å². The summed E-state index contributed by atoms with van der Waals surface area (Å²) in [5, 5.41) is 65.1. The normalized spacial score (nSPS) is 10.4. The van der Waals surface area contributed by atoms with Gasteiger partial charge in [0.15, 0.2) is 68.8 Å². The fourth-order valence-electron chi connectivity index (χ4n) is 11.3. The molecule has 0 saturated carbocycles. The Morgan fingerprint density at radius 1 is 0.268 bits per heavy atom. The number of aromatic nitrogens is 24. The van der Waals surface area contributed by atoms with Crippen molar-refractivity contribution >= 4 is 113 Å². The van der Waals surface area contributed by atoms with Crippen LogP contribution >= 0.6 is 31.9 Å². The van der Waals surface area contributed by atoms with Gasteiger partial charge in [0.1, 0.15) is 34.2 Å². The number of pyridine rings is 12. The van der Waals surface area contributed by atoms with E-state index in [1.54, 1.807) is 61.4 Å². The summed E-state index contributed by atoms with van der Waals surface area (Å²) in [4.78, 5) is 94.5. The maximum absolute atomic E-state index is 12.0. The molecule has 0 radical (unpaired) electrons. The quantitative estimate of drug-likeness (QED) is 0.0413. The summed E-state index contributed by atoms with van der Waals surface area (Å²) < 4.78 is 13.2. The molecule has 41 heteroatoms.